The number of anilines is 1. The number of hydrogen-bond acceptors (Lipinski definition) is 5. The third kappa shape index (κ3) is 4.98. The lowest BCUT2D eigenvalue weighted by molar-refractivity contribution is 0.0459. The minimum absolute atomic E-state index is 0.371. The summed E-state index contributed by atoms with van der Waals surface area (Å²) in [6.07, 6.45) is 1.55. The molecule has 0 saturated heterocycles. The standard InChI is InChI=1S/C13H24N4O/c1-10(2)11-6-12(16-9-15-11)14-7-13(3,18)8-17(4)5/h6,9-10,18H,7-8H2,1-5H3,(H,14,15,16). The van der Waals surface area contributed by atoms with Crippen molar-refractivity contribution in [3.8, 4) is 0 Å². The van der Waals surface area contributed by atoms with Crippen LogP contribution < -0.4 is 5.32 Å². The van der Waals surface area contributed by atoms with E-state index in [1.54, 1.807) is 6.33 Å². The Labute approximate surface area is 109 Å². The third-order valence-corrected chi connectivity index (χ3v) is 2.59. The van der Waals surface area contributed by atoms with Crippen LogP contribution in [0.5, 0.6) is 0 Å². The summed E-state index contributed by atoms with van der Waals surface area (Å²) in [6, 6.07) is 1.93. The summed E-state index contributed by atoms with van der Waals surface area (Å²) >= 11 is 0. The lowest BCUT2D eigenvalue weighted by Crippen LogP contribution is -2.43. The highest BCUT2D eigenvalue weighted by molar-refractivity contribution is 5.36. The first-order valence-electron chi connectivity index (χ1n) is 6.23. The fourth-order valence-corrected chi connectivity index (χ4v) is 1.80. The van der Waals surface area contributed by atoms with E-state index < -0.39 is 5.60 Å². The second-order valence-electron chi connectivity index (χ2n) is 5.57. The van der Waals surface area contributed by atoms with Crippen molar-refractivity contribution in [2.24, 2.45) is 0 Å². The lowest BCUT2D eigenvalue weighted by atomic mass is 10.1. The van der Waals surface area contributed by atoms with Crippen molar-refractivity contribution < 1.29 is 5.11 Å². The van der Waals surface area contributed by atoms with Crippen molar-refractivity contribution in [2.45, 2.75) is 32.3 Å². The van der Waals surface area contributed by atoms with Crippen LogP contribution >= 0.6 is 0 Å². The van der Waals surface area contributed by atoms with Crippen LogP contribution in [-0.4, -0.2) is 52.8 Å². The Bertz CT molecular complexity index is 377. The van der Waals surface area contributed by atoms with Gasteiger partial charge < -0.3 is 15.3 Å². The number of likely N-dealkylation sites (N-methyl/N-ethyl adjacent to an activating group) is 1. The van der Waals surface area contributed by atoms with Crippen LogP contribution in [0, 0.1) is 0 Å². The molecule has 0 aliphatic carbocycles. The second-order valence-corrected chi connectivity index (χ2v) is 5.57. The van der Waals surface area contributed by atoms with Gasteiger partial charge in [-0.15, -0.1) is 0 Å². The fourth-order valence-electron chi connectivity index (χ4n) is 1.80. The van der Waals surface area contributed by atoms with Crippen LogP contribution in [0.2, 0.25) is 0 Å². The highest BCUT2D eigenvalue weighted by atomic mass is 16.3. The number of aromatic nitrogens is 2. The van der Waals surface area contributed by atoms with Crippen LogP contribution in [0.3, 0.4) is 0 Å². The van der Waals surface area contributed by atoms with E-state index in [9.17, 15) is 5.11 Å². The van der Waals surface area contributed by atoms with E-state index in [1.807, 2.05) is 32.0 Å². The molecule has 1 atom stereocenters. The average Bonchev–Trinajstić information content (AvgIpc) is 2.25. The lowest BCUT2D eigenvalue weighted by Gasteiger charge is -2.27. The monoisotopic (exact) mass is 252 g/mol. The zero-order valence-corrected chi connectivity index (χ0v) is 11.9. The quantitative estimate of drug-likeness (QED) is 0.799. The van der Waals surface area contributed by atoms with Crippen molar-refractivity contribution in [1.29, 1.82) is 0 Å². The molecule has 5 heteroatoms. The Hall–Kier alpha value is -1.20. The SMILES string of the molecule is CC(C)c1cc(NCC(C)(O)CN(C)C)ncn1. The third-order valence-electron chi connectivity index (χ3n) is 2.59. The van der Waals surface area contributed by atoms with Gasteiger partial charge in [0, 0.05) is 24.8 Å². The molecule has 0 radical (unpaired) electrons. The van der Waals surface area contributed by atoms with Gasteiger partial charge in [0.2, 0.25) is 0 Å². The highest BCUT2D eigenvalue weighted by Crippen LogP contribution is 2.14. The topological polar surface area (TPSA) is 61.3 Å². The predicted molar refractivity (Wildman–Crippen MR) is 73.8 cm³/mol. The van der Waals surface area contributed by atoms with Crippen molar-refractivity contribution in [3.05, 3.63) is 18.1 Å². The summed E-state index contributed by atoms with van der Waals surface area (Å²) in [7, 11) is 3.88. The zero-order valence-electron chi connectivity index (χ0n) is 11.9. The van der Waals surface area contributed by atoms with Crippen LogP contribution in [0.25, 0.3) is 0 Å². The largest absolute Gasteiger partial charge is 0.387 e. The molecule has 0 saturated carbocycles. The summed E-state index contributed by atoms with van der Waals surface area (Å²) in [5.74, 6) is 1.13. The predicted octanol–water partition coefficient (Wildman–Crippen LogP) is 1.32. The fraction of sp³-hybridized carbons (Fsp3) is 0.692. The molecule has 18 heavy (non-hydrogen) atoms. The van der Waals surface area contributed by atoms with Crippen LogP contribution in [0.4, 0.5) is 5.82 Å². The van der Waals surface area contributed by atoms with Gasteiger partial charge in [0.25, 0.3) is 0 Å². The molecular weight excluding hydrogens is 228 g/mol. The maximum atomic E-state index is 10.2. The molecule has 0 aromatic carbocycles. The summed E-state index contributed by atoms with van der Waals surface area (Å²) in [5, 5.41) is 13.3. The number of rotatable bonds is 6. The van der Waals surface area contributed by atoms with E-state index in [0.29, 0.717) is 19.0 Å². The van der Waals surface area contributed by atoms with E-state index in [1.165, 1.54) is 0 Å². The normalized spacial score (nSPS) is 14.9. The molecule has 1 unspecified atom stereocenters. The van der Waals surface area contributed by atoms with Gasteiger partial charge in [-0.3, -0.25) is 0 Å². The number of nitrogens with one attached hydrogen (secondary N) is 1. The highest BCUT2D eigenvalue weighted by Gasteiger charge is 2.21. The van der Waals surface area contributed by atoms with Crippen molar-refractivity contribution in [2.75, 3.05) is 32.5 Å². The van der Waals surface area contributed by atoms with Gasteiger partial charge in [-0.2, -0.15) is 0 Å². The van der Waals surface area contributed by atoms with Gasteiger partial charge in [-0.25, -0.2) is 9.97 Å². The maximum absolute atomic E-state index is 10.2. The summed E-state index contributed by atoms with van der Waals surface area (Å²) in [4.78, 5) is 10.3. The molecule has 5 nitrogen and oxygen atoms in total. The Morgan fingerprint density at radius 3 is 2.61 bits per heavy atom. The van der Waals surface area contributed by atoms with Gasteiger partial charge in [0.05, 0.1) is 5.60 Å². The van der Waals surface area contributed by atoms with E-state index in [4.69, 9.17) is 0 Å². The van der Waals surface area contributed by atoms with Gasteiger partial charge >= 0.3 is 0 Å². The number of nitrogens with zero attached hydrogens (tertiary/aromatic N) is 3. The summed E-state index contributed by atoms with van der Waals surface area (Å²) < 4.78 is 0. The van der Waals surface area contributed by atoms with Gasteiger partial charge in [-0.1, -0.05) is 13.8 Å². The molecule has 1 rings (SSSR count). The van der Waals surface area contributed by atoms with Crippen LogP contribution in [-0.2, 0) is 0 Å². The summed E-state index contributed by atoms with van der Waals surface area (Å²) in [6.45, 7) is 7.05. The van der Waals surface area contributed by atoms with Crippen molar-refractivity contribution >= 4 is 5.82 Å². The van der Waals surface area contributed by atoms with E-state index in [0.717, 1.165) is 11.5 Å². The Morgan fingerprint density at radius 1 is 1.39 bits per heavy atom. The van der Waals surface area contributed by atoms with Gasteiger partial charge in [0.1, 0.15) is 12.1 Å². The molecule has 0 fully saturated rings. The average molecular weight is 252 g/mol. The second kappa shape index (κ2) is 6.11. The van der Waals surface area contributed by atoms with Gasteiger partial charge in [0.15, 0.2) is 0 Å². The van der Waals surface area contributed by atoms with Crippen LogP contribution in [0.15, 0.2) is 12.4 Å². The van der Waals surface area contributed by atoms with E-state index in [-0.39, 0.29) is 0 Å². The Morgan fingerprint density at radius 2 is 2.06 bits per heavy atom. The molecule has 2 N–H and O–H groups in total. The molecule has 1 aromatic heterocycles. The Kier molecular flexibility index (Phi) is 5.04. The maximum Gasteiger partial charge on any atom is 0.129 e. The van der Waals surface area contributed by atoms with Gasteiger partial charge in [-0.05, 0) is 26.9 Å². The molecule has 0 amide bonds. The van der Waals surface area contributed by atoms with E-state index >= 15 is 0 Å². The number of hydrogen-bond donors (Lipinski definition) is 2. The molecular formula is C13H24N4O. The Balaban J connectivity index is 2.60. The molecule has 0 aliphatic rings. The summed E-state index contributed by atoms with van der Waals surface area (Å²) in [5.41, 5.74) is 0.214. The molecule has 102 valence electrons. The minimum atomic E-state index is -0.785. The smallest absolute Gasteiger partial charge is 0.129 e. The minimum Gasteiger partial charge on any atom is -0.387 e. The van der Waals surface area contributed by atoms with E-state index in [2.05, 4.69) is 29.1 Å². The molecule has 0 spiro atoms. The first-order valence-corrected chi connectivity index (χ1v) is 6.23. The zero-order chi connectivity index (χ0) is 13.8. The molecule has 1 heterocycles. The molecule has 1 aromatic rings. The molecule has 0 bridgehead atoms. The molecule has 0 aliphatic heterocycles. The first-order chi connectivity index (χ1) is 8.30. The van der Waals surface area contributed by atoms with Crippen molar-refractivity contribution in [1.82, 2.24) is 14.9 Å². The number of aliphatic hydroxyl groups is 1. The van der Waals surface area contributed by atoms with Crippen LogP contribution in [0.1, 0.15) is 32.4 Å². The van der Waals surface area contributed by atoms with Crippen molar-refractivity contribution in [3.63, 3.8) is 0 Å². The first kappa shape index (κ1) is 14.9.